The van der Waals surface area contributed by atoms with E-state index in [-0.39, 0.29) is 17.5 Å². The second-order valence-electron chi connectivity index (χ2n) is 6.25. The third-order valence-electron chi connectivity index (χ3n) is 4.43. The zero-order valence-corrected chi connectivity index (χ0v) is 15.3. The third kappa shape index (κ3) is 4.87. The summed E-state index contributed by atoms with van der Waals surface area (Å²) < 4.78 is 38.4. The number of guanidine groups is 1. The van der Waals surface area contributed by atoms with Crippen molar-refractivity contribution in [2.75, 3.05) is 27.3 Å². The molecule has 2 atom stereocenters. The molecule has 1 fully saturated rings. The Kier molecular flexibility index (Phi) is 6.11. The fraction of sp³-hybridized carbons (Fsp3) is 0.350. The lowest BCUT2D eigenvalue weighted by atomic mass is 10.1. The quantitative estimate of drug-likeness (QED) is 0.444. The predicted molar refractivity (Wildman–Crippen MR) is 100 cm³/mol. The molecule has 2 unspecified atom stereocenters. The van der Waals surface area contributed by atoms with Crippen molar-refractivity contribution in [2.24, 2.45) is 4.99 Å². The molecule has 1 saturated carbocycles. The van der Waals surface area contributed by atoms with Gasteiger partial charge < -0.3 is 20.1 Å². The van der Waals surface area contributed by atoms with Crippen molar-refractivity contribution in [1.29, 1.82) is 0 Å². The molecule has 0 aromatic heterocycles. The smallest absolute Gasteiger partial charge is 0.191 e. The molecule has 1 aliphatic carbocycles. The highest BCUT2D eigenvalue weighted by Crippen LogP contribution is 2.42. The molecule has 0 saturated heterocycles. The van der Waals surface area contributed by atoms with E-state index in [0.717, 1.165) is 11.5 Å². The van der Waals surface area contributed by atoms with Crippen LogP contribution in [0.5, 0.6) is 11.5 Å². The van der Waals surface area contributed by atoms with Crippen molar-refractivity contribution in [3.8, 4) is 11.5 Å². The molecule has 1 aliphatic rings. The molecule has 0 heterocycles. The molecule has 0 bridgehead atoms. The lowest BCUT2D eigenvalue weighted by molar-refractivity contribution is 0.321. The second-order valence-corrected chi connectivity index (χ2v) is 6.25. The van der Waals surface area contributed by atoms with Gasteiger partial charge in [0.05, 0.1) is 13.7 Å². The summed E-state index contributed by atoms with van der Waals surface area (Å²) >= 11 is 0. The molecule has 2 aromatic carbocycles. The summed E-state index contributed by atoms with van der Waals surface area (Å²) in [6, 6.07) is 11.3. The highest BCUT2D eigenvalue weighted by molar-refractivity contribution is 5.80. The van der Waals surface area contributed by atoms with Gasteiger partial charge in [-0.05, 0) is 42.8 Å². The summed E-state index contributed by atoms with van der Waals surface area (Å²) in [7, 11) is 3.27. The summed E-state index contributed by atoms with van der Waals surface area (Å²) in [5.41, 5.74) is 0.147. The molecular formula is C20H23F2N3O2. The van der Waals surface area contributed by atoms with Crippen LogP contribution in [0.2, 0.25) is 0 Å². The molecule has 0 aliphatic heterocycles. The van der Waals surface area contributed by atoms with Crippen LogP contribution in [0.15, 0.2) is 47.5 Å². The van der Waals surface area contributed by atoms with Crippen molar-refractivity contribution < 1.29 is 18.3 Å². The molecule has 0 radical (unpaired) electrons. The van der Waals surface area contributed by atoms with Gasteiger partial charge in [0.25, 0.3) is 0 Å². The molecule has 3 rings (SSSR count). The number of nitrogens with one attached hydrogen (secondary N) is 2. The molecule has 144 valence electrons. The van der Waals surface area contributed by atoms with Crippen molar-refractivity contribution in [1.82, 2.24) is 10.6 Å². The summed E-state index contributed by atoms with van der Waals surface area (Å²) in [5, 5.41) is 6.33. The lowest BCUT2D eigenvalue weighted by Gasteiger charge is -2.13. The number of benzene rings is 2. The van der Waals surface area contributed by atoms with Crippen LogP contribution in [0.1, 0.15) is 17.9 Å². The van der Waals surface area contributed by atoms with E-state index in [0.29, 0.717) is 25.5 Å². The first-order valence-corrected chi connectivity index (χ1v) is 8.80. The topological polar surface area (TPSA) is 54.9 Å². The van der Waals surface area contributed by atoms with Gasteiger partial charge in [-0.3, -0.25) is 4.99 Å². The van der Waals surface area contributed by atoms with Crippen LogP contribution in [0.3, 0.4) is 0 Å². The van der Waals surface area contributed by atoms with Crippen molar-refractivity contribution >= 4 is 5.96 Å². The Labute approximate surface area is 157 Å². The molecular weight excluding hydrogens is 352 g/mol. The first-order chi connectivity index (χ1) is 13.1. The normalized spacial score (nSPS) is 18.7. The highest BCUT2D eigenvalue weighted by Gasteiger charge is 2.42. The van der Waals surface area contributed by atoms with Gasteiger partial charge in [-0.15, -0.1) is 0 Å². The molecule has 2 N–H and O–H groups in total. The predicted octanol–water partition coefficient (Wildman–Crippen LogP) is 3.07. The highest BCUT2D eigenvalue weighted by atomic mass is 19.1. The summed E-state index contributed by atoms with van der Waals surface area (Å²) in [4.78, 5) is 4.14. The SMILES string of the molecule is CN=C(NCCOc1ccc(OC)cc1)NC1CC1c1c(F)cccc1F. The van der Waals surface area contributed by atoms with E-state index in [1.807, 2.05) is 24.3 Å². The van der Waals surface area contributed by atoms with Gasteiger partial charge in [0.15, 0.2) is 5.96 Å². The maximum Gasteiger partial charge on any atom is 0.191 e. The third-order valence-corrected chi connectivity index (χ3v) is 4.43. The summed E-state index contributed by atoms with van der Waals surface area (Å²) in [6.45, 7) is 0.986. The maximum atomic E-state index is 13.9. The van der Waals surface area contributed by atoms with E-state index in [2.05, 4.69) is 15.6 Å². The standard InChI is InChI=1S/C20H23F2N3O2/c1-23-20(24-10-11-27-14-8-6-13(26-2)7-9-14)25-18-12-15(18)19-16(21)4-3-5-17(19)22/h3-9,15,18H,10-12H2,1-2H3,(H2,23,24,25). The number of rotatable bonds is 7. The van der Waals surface area contributed by atoms with Gasteiger partial charge in [0.1, 0.15) is 29.7 Å². The number of aliphatic imine (C=N–C) groups is 1. The molecule has 5 nitrogen and oxygen atoms in total. The van der Waals surface area contributed by atoms with E-state index in [1.165, 1.54) is 18.2 Å². The van der Waals surface area contributed by atoms with Crippen LogP contribution in [0.25, 0.3) is 0 Å². The number of nitrogens with zero attached hydrogens (tertiary/aromatic N) is 1. The summed E-state index contributed by atoms with van der Waals surface area (Å²) in [5.74, 6) is 0.923. The number of hydrogen-bond acceptors (Lipinski definition) is 3. The fourth-order valence-corrected chi connectivity index (χ4v) is 2.92. The van der Waals surface area contributed by atoms with Crippen LogP contribution in [-0.4, -0.2) is 39.3 Å². The van der Waals surface area contributed by atoms with Crippen LogP contribution in [0, 0.1) is 11.6 Å². The van der Waals surface area contributed by atoms with Gasteiger partial charge in [-0.2, -0.15) is 0 Å². The Bertz CT molecular complexity index is 776. The van der Waals surface area contributed by atoms with E-state index in [4.69, 9.17) is 9.47 Å². The largest absolute Gasteiger partial charge is 0.497 e. The molecule has 0 spiro atoms. The Morgan fingerprint density at radius 1 is 1.11 bits per heavy atom. The minimum absolute atomic E-state index is 0.0369. The minimum Gasteiger partial charge on any atom is -0.497 e. The number of ether oxygens (including phenoxy) is 2. The van der Waals surface area contributed by atoms with Crippen LogP contribution in [0.4, 0.5) is 8.78 Å². The Hall–Kier alpha value is -2.83. The van der Waals surface area contributed by atoms with Gasteiger partial charge in [-0.25, -0.2) is 8.78 Å². The van der Waals surface area contributed by atoms with Gasteiger partial charge in [0.2, 0.25) is 0 Å². The Balaban J connectivity index is 1.42. The zero-order chi connectivity index (χ0) is 19.2. The second kappa shape index (κ2) is 8.70. The summed E-state index contributed by atoms with van der Waals surface area (Å²) in [6.07, 6.45) is 0.668. The monoisotopic (exact) mass is 375 g/mol. The Morgan fingerprint density at radius 3 is 2.41 bits per heavy atom. The molecule has 7 heteroatoms. The number of methoxy groups -OCH3 is 1. The van der Waals surface area contributed by atoms with Gasteiger partial charge in [0, 0.05) is 24.6 Å². The fourth-order valence-electron chi connectivity index (χ4n) is 2.92. The van der Waals surface area contributed by atoms with Crippen LogP contribution < -0.4 is 20.1 Å². The van der Waals surface area contributed by atoms with Crippen molar-refractivity contribution in [2.45, 2.75) is 18.4 Å². The zero-order valence-electron chi connectivity index (χ0n) is 15.3. The number of hydrogen-bond donors (Lipinski definition) is 2. The first-order valence-electron chi connectivity index (χ1n) is 8.80. The van der Waals surface area contributed by atoms with Crippen LogP contribution in [-0.2, 0) is 0 Å². The van der Waals surface area contributed by atoms with Gasteiger partial charge >= 0.3 is 0 Å². The molecule has 27 heavy (non-hydrogen) atoms. The van der Waals surface area contributed by atoms with E-state index in [9.17, 15) is 8.78 Å². The van der Waals surface area contributed by atoms with Crippen molar-refractivity contribution in [3.05, 3.63) is 59.7 Å². The average Bonchev–Trinajstić information content (AvgIpc) is 3.43. The Morgan fingerprint density at radius 2 is 1.78 bits per heavy atom. The maximum absolute atomic E-state index is 13.9. The molecule has 0 amide bonds. The van der Waals surface area contributed by atoms with E-state index >= 15 is 0 Å². The lowest BCUT2D eigenvalue weighted by Crippen LogP contribution is -2.40. The van der Waals surface area contributed by atoms with Gasteiger partial charge in [-0.1, -0.05) is 6.07 Å². The van der Waals surface area contributed by atoms with E-state index < -0.39 is 11.6 Å². The van der Waals surface area contributed by atoms with Crippen LogP contribution >= 0.6 is 0 Å². The molecule has 2 aromatic rings. The minimum atomic E-state index is -0.500. The van der Waals surface area contributed by atoms with Crippen molar-refractivity contribution in [3.63, 3.8) is 0 Å². The first kappa shape index (κ1) is 18.9. The van der Waals surface area contributed by atoms with E-state index in [1.54, 1.807) is 14.2 Å². The number of halogens is 2. The average molecular weight is 375 g/mol.